The molecule has 0 radical (unpaired) electrons. The highest BCUT2D eigenvalue weighted by atomic mass is 32.2. The number of hydrogen-bond acceptors (Lipinski definition) is 5. The van der Waals surface area contributed by atoms with E-state index in [9.17, 15) is 12.8 Å². The average Bonchev–Trinajstić information content (AvgIpc) is 2.86. The van der Waals surface area contributed by atoms with Crippen LogP contribution in [0.5, 0.6) is 0 Å². The topological polar surface area (TPSA) is 104 Å². The molecule has 1 atom stereocenters. The molecule has 136 valence electrons. The number of aromatic nitrogens is 2. The van der Waals surface area contributed by atoms with Crippen LogP contribution in [0.15, 0.2) is 17.1 Å². The molecule has 9 heteroatoms. The third-order valence-electron chi connectivity index (χ3n) is 4.43. The van der Waals surface area contributed by atoms with Gasteiger partial charge < -0.3 is 10.7 Å². The summed E-state index contributed by atoms with van der Waals surface area (Å²) in [5, 5.41) is 0. The van der Waals surface area contributed by atoms with Crippen LogP contribution in [-0.2, 0) is 21.0 Å². The van der Waals surface area contributed by atoms with Gasteiger partial charge in [-0.1, -0.05) is 20.8 Å². The molecule has 1 aromatic heterocycles. The second kappa shape index (κ2) is 5.17. The van der Waals surface area contributed by atoms with E-state index < -0.39 is 21.4 Å². The van der Waals surface area contributed by atoms with Gasteiger partial charge in [-0.05, 0) is 13.0 Å². The van der Waals surface area contributed by atoms with Crippen molar-refractivity contribution in [1.29, 1.82) is 0 Å². The zero-order valence-corrected chi connectivity index (χ0v) is 15.7. The predicted molar refractivity (Wildman–Crippen MR) is 95.3 cm³/mol. The van der Waals surface area contributed by atoms with Crippen molar-refractivity contribution in [2.45, 2.75) is 38.6 Å². The van der Waals surface area contributed by atoms with Crippen LogP contribution in [0.3, 0.4) is 0 Å². The predicted octanol–water partition coefficient (Wildman–Crippen LogP) is 1.80. The molecule has 2 heterocycles. The van der Waals surface area contributed by atoms with Gasteiger partial charge in [0.25, 0.3) is 0 Å². The molecule has 25 heavy (non-hydrogen) atoms. The third-order valence-corrected chi connectivity index (χ3v) is 6.37. The highest BCUT2D eigenvalue weighted by Crippen LogP contribution is 2.35. The maximum Gasteiger partial charge on any atom is 0.239 e. The van der Waals surface area contributed by atoms with E-state index in [1.165, 1.54) is 13.1 Å². The van der Waals surface area contributed by atoms with Crippen LogP contribution < -0.4 is 5.73 Å². The van der Waals surface area contributed by atoms with E-state index in [0.29, 0.717) is 11.0 Å². The van der Waals surface area contributed by atoms with E-state index in [1.54, 1.807) is 13.0 Å². The van der Waals surface area contributed by atoms with Gasteiger partial charge in [0.05, 0.1) is 16.8 Å². The van der Waals surface area contributed by atoms with E-state index >= 15 is 0 Å². The molecule has 2 aromatic rings. The van der Waals surface area contributed by atoms with E-state index in [2.05, 4.69) is 15.0 Å². The van der Waals surface area contributed by atoms with Gasteiger partial charge in [0.1, 0.15) is 17.2 Å². The van der Waals surface area contributed by atoms with Crippen molar-refractivity contribution in [3.05, 3.63) is 29.3 Å². The summed E-state index contributed by atoms with van der Waals surface area (Å²) in [7, 11) is -2.34. The minimum Gasteiger partial charge on any atom is -0.369 e. The number of aliphatic imine (C=N–C) groups is 1. The molecule has 0 amide bonds. The maximum atomic E-state index is 14.8. The number of hydrogen-bond donors (Lipinski definition) is 2. The van der Waals surface area contributed by atoms with E-state index in [4.69, 9.17) is 5.73 Å². The third kappa shape index (κ3) is 2.86. The van der Waals surface area contributed by atoms with Gasteiger partial charge in [0.2, 0.25) is 16.0 Å². The second-order valence-corrected chi connectivity index (χ2v) is 9.65. The summed E-state index contributed by atoms with van der Waals surface area (Å²) < 4.78 is 40.3. The molecule has 0 unspecified atom stereocenters. The normalized spacial score (nSPS) is 23.8. The van der Waals surface area contributed by atoms with E-state index in [0.717, 1.165) is 10.1 Å². The molecule has 3 N–H and O–H groups in total. The first-order chi connectivity index (χ1) is 11.3. The first-order valence-corrected chi connectivity index (χ1v) is 9.46. The minimum atomic E-state index is -3.67. The van der Waals surface area contributed by atoms with Crippen molar-refractivity contribution < 1.29 is 12.8 Å². The summed E-state index contributed by atoms with van der Waals surface area (Å²) in [6, 6.07) is 2.88. The lowest BCUT2D eigenvalue weighted by atomic mass is 9.93. The molecule has 7 nitrogen and oxygen atoms in total. The molecule has 0 saturated carbocycles. The molecule has 0 bridgehead atoms. The fourth-order valence-electron chi connectivity index (χ4n) is 2.89. The van der Waals surface area contributed by atoms with Gasteiger partial charge in [-0.15, -0.1) is 0 Å². The Labute approximate surface area is 146 Å². The standard InChI is InChI=1S/C16H22FN5O2S/c1-15(2,3)13-19-11-6-9(10(17)7-12(11)20-13)16(4)8-25(23,24)22(5)14(18)21-16/h6-7H,8H2,1-5H3,(H2,18,21)(H,19,20)/t16-/m0/s1. The number of nitrogens with one attached hydrogen (secondary N) is 1. The summed E-state index contributed by atoms with van der Waals surface area (Å²) in [6.45, 7) is 7.56. The summed E-state index contributed by atoms with van der Waals surface area (Å²) in [4.78, 5) is 11.9. The smallest absolute Gasteiger partial charge is 0.239 e. The van der Waals surface area contributed by atoms with Gasteiger partial charge in [0.15, 0.2) is 0 Å². The maximum absolute atomic E-state index is 14.8. The number of imidazole rings is 1. The first kappa shape index (κ1) is 17.7. The van der Waals surface area contributed by atoms with Crippen LogP contribution >= 0.6 is 0 Å². The van der Waals surface area contributed by atoms with Crippen LogP contribution in [0.4, 0.5) is 4.39 Å². The molecule has 1 aromatic carbocycles. The number of benzene rings is 1. The fourth-order valence-corrected chi connectivity index (χ4v) is 4.34. The van der Waals surface area contributed by atoms with Crippen LogP contribution in [0.1, 0.15) is 39.1 Å². The van der Waals surface area contributed by atoms with Gasteiger partial charge in [-0.3, -0.25) is 0 Å². The second-order valence-electron chi connectivity index (χ2n) is 7.65. The monoisotopic (exact) mass is 367 g/mol. The Bertz CT molecular complexity index is 990. The van der Waals surface area contributed by atoms with Gasteiger partial charge in [-0.25, -0.2) is 27.1 Å². The van der Waals surface area contributed by atoms with Crippen molar-refractivity contribution in [3.8, 4) is 0 Å². The lowest BCUT2D eigenvalue weighted by Crippen LogP contribution is -2.50. The molecule has 0 saturated heterocycles. The SMILES string of the molecule is CN1C(N)=N[C@](C)(c2cc3[nH]c(C(C)(C)C)nc3cc2F)CS1(=O)=O. The number of halogens is 1. The Morgan fingerprint density at radius 2 is 2.00 bits per heavy atom. The number of H-pyrrole nitrogens is 1. The van der Waals surface area contributed by atoms with Crippen LogP contribution in [0.2, 0.25) is 0 Å². The molecule has 0 spiro atoms. The van der Waals surface area contributed by atoms with E-state index in [1.807, 2.05) is 20.8 Å². The molecule has 0 aliphatic carbocycles. The zero-order chi connectivity index (χ0) is 18.8. The molecular weight excluding hydrogens is 345 g/mol. The Balaban J connectivity index is 2.20. The lowest BCUT2D eigenvalue weighted by Gasteiger charge is -2.34. The van der Waals surface area contributed by atoms with E-state index in [-0.39, 0.29) is 22.7 Å². The fraction of sp³-hybridized carbons (Fsp3) is 0.500. The summed E-state index contributed by atoms with van der Waals surface area (Å²) in [5.41, 5.74) is 5.51. The lowest BCUT2D eigenvalue weighted by molar-refractivity contribution is 0.458. The number of sulfonamides is 1. The van der Waals surface area contributed by atoms with Crippen molar-refractivity contribution in [2.24, 2.45) is 10.7 Å². The summed E-state index contributed by atoms with van der Waals surface area (Å²) in [6.07, 6.45) is 0. The Morgan fingerprint density at radius 1 is 1.36 bits per heavy atom. The summed E-state index contributed by atoms with van der Waals surface area (Å²) in [5.74, 6) is -0.352. The Kier molecular flexibility index (Phi) is 3.65. The average molecular weight is 367 g/mol. The summed E-state index contributed by atoms with van der Waals surface area (Å²) >= 11 is 0. The van der Waals surface area contributed by atoms with Crippen molar-refractivity contribution in [2.75, 3.05) is 12.8 Å². The Morgan fingerprint density at radius 3 is 2.56 bits per heavy atom. The van der Waals surface area contributed by atoms with Gasteiger partial charge in [0, 0.05) is 24.1 Å². The highest BCUT2D eigenvalue weighted by molar-refractivity contribution is 7.89. The number of nitrogens with zero attached hydrogens (tertiary/aromatic N) is 3. The number of aromatic amines is 1. The molecular formula is C16H22FN5O2S. The highest BCUT2D eigenvalue weighted by Gasteiger charge is 2.42. The minimum absolute atomic E-state index is 0.159. The van der Waals surface area contributed by atoms with Crippen molar-refractivity contribution in [1.82, 2.24) is 14.3 Å². The van der Waals surface area contributed by atoms with Crippen molar-refractivity contribution >= 4 is 27.0 Å². The van der Waals surface area contributed by atoms with Crippen LogP contribution in [0, 0.1) is 5.82 Å². The Hall–Kier alpha value is -2.16. The van der Waals surface area contributed by atoms with Gasteiger partial charge >= 0.3 is 0 Å². The first-order valence-electron chi connectivity index (χ1n) is 7.86. The van der Waals surface area contributed by atoms with Crippen LogP contribution in [-0.4, -0.2) is 41.5 Å². The van der Waals surface area contributed by atoms with Crippen molar-refractivity contribution in [3.63, 3.8) is 0 Å². The molecule has 1 aliphatic heterocycles. The molecule has 3 rings (SSSR count). The molecule has 0 fully saturated rings. The zero-order valence-electron chi connectivity index (χ0n) is 14.9. The number of fused-ring (bicyclic) bond motifs is 1. The quantitative estimate of drug-likeness (QED) is 0.802. The molecule has 1 aliphatic rings. The van der Waals surface area contributed by atoms with Gasteiger partial charge in [-0.2, -0.15) is 0 Å². The number of guanidine groups is 1. The van der Waals surface area contributed by atoms with Crippen LogP contribution in [0.25, 0.3) is 11.0 Å². The number of rotatable bonds is 1. The number of nitrogens with two attached hydrogens (primary N) is 1. The largest absolute Gasteiger partial charge is 0.369 e.